The van der Waals surface area contributed by atoms with Gasteiger partial charge in [0.2, 0.25) is 11.8 Å². The van der Waals surface area contributed by atoms with Crippen molar-refractivity contribution in [2.75, 3.05) is 13.1 Å². The molecule has 3 heterocycles. The van der Waals surface area contributed by atoms with Crippen molar-refractivity contribution >= 4 is 11.8 Å². The molecule has 132 valence electrons. The topological polar surface area (TPSA) is 80.1 Å². The fraction of sp³-hybridized carbons (Fsp3) is 0.444. The van der Waals surface area contributed by atoms with Gasteiger partial charge in [-0.3, -0.25) is 19.3 Å². The number of likely N-dealkylation sites (tertiary alicyclic amines) is 1. The average molecular weight is 341 g/mol. The lowest BCUT2D eigenvalue weighted by Gasteiger charge is -2.30. The van der Waals surface area contributed by atoms with E-state index in [0.717, 1.165) is 29.5 Å². The molecule has 1 aliphatic rings. The van der Waals surface area contributed by atoms with Gasteiger partial charge in [-0.25, -0.2) is 0 Å². The molecule has 1 saturated heterocycles. The first-order valence-electron chi connectivity index (χ1n) is 8.49. The first kappa shape index (κ1) is 17.1. The number of carbonyl (C=O) groups is 2. The van der Waals surface area contributed by atoms with Gasteiger partial charge in [-0.1, -0.05) is 0 Å². The van der Waals surface area contributed by atoms with Crippen LogP contribution >= 0.6 is 0 Å². The van der Waals surface area contributed by atoms with Gasteiger partial charge in [0.15, 0.2) is 0 Å². The third-order valence-corrected chi connectivity index (χ3v) is 4.61. The lowest BCUT2D eigenvalue weighted by molar-refractivity contribution is -0.134. The molecule has 0 unspecified atom stereocenters. The minimum atomic E-state index is -0.0231. The number of hydrogen-bond acceptors (Lipinski definition) is 4. The first-order chi connectivity index (χ1) is 12.0. The third kappa shape index (κ3) is 4.23. The molecule has 1 aliphatic heterocycles. The molecule has 2 aromatic heterocycles. The second-order valence-corrected chi connectivity index (χ2v) is 6.48. The Hall–Kier alpha value is -2.70. The highest BCUT2D eigenvalue weighted by Gasteiger charge is 2.25. The van der Waals surface area contributed by atoms with E-state index < -0.39 is 0 Å². The van der Waals surface area contributed by atoms with Crippen molar-refractivity contribution in [3.63, 3.8) is 0 Å². The number of pyridine rings is 1. The molecular weight excluding hydrogens is 318 g/mol. The lowest BCUT2D eigenvalue weighted by Crippen LogP contribution is -2.42. The Labute approximate surface area is 147 Å². The number of aryl methyl sites for hydroxylation is 1. The van der Waals surface area contributed by atoms with Crippen LogP contribution in [0.3, 0.4) is 0 Å². The molecular formula is C18H23N5O2. The number of amides is 2. The zero-order valence-corrected chi connectivity index (χ0v) is 14.6. The molecule has 0 saturated carbocycles. The number of aromatic nitrogens is 3. The maximum atomic E-state index is 12.4. The summed E-state index contributed by atoms with van der Waals surface area (Å²) in [5.41, 5.74) is 2.94. The van der Waals surface area contributed by atoms with Gasteiger partial charge in [-0.2, -0.15) is 5.10 Å². The van der Waals surface area contributed by atoms with E-state index in [4.69, 9.17) is 0 Å². The van der Waals surface area contributed by atoms with Crippen LogP contribution in [0.2, 0.25) is 0 Å². The summed E-state index contributed by atoms with van der Waals surface area (Å²) in [6, 6.07) is 2.02. The van der Waals surface area contributed by atoms with Crippen molar-refractivity contribution in [1.29, 1.82) is 0 Å². The standard InChI is InChI=1S/C18H23N5O2/c1-13(24)23-5-3-15(4-6-23)18(25)20-9-14-7-16(10-19-8-14)17-11-21-22(2)12-17/h7-8,10-12,15H,3-6,9H2,1-2H3,(H,20,25). The molecule has 0 atom stereocenters. The van der Waals surface area contributed by atoms with Gasteiger partial charge in [-0.15, -0.1) is 0 Å². The summed E-state index contributed by atoms with van der Waals surface area (Å²) in [5.74, 6) is 0.109. The van der Waals surface area contributed by atoms with Crippen molar-refractivity contribution in [3.8, 4) is 11.1 Å². The molecule has 25 heavy (non-hydrogen) atoms. The lowest BCUT2D eigenvalue weighted by atomic mass is 9.96. The van der Waals surface area contributed by atoms with Crippen LogP contribution < -0.4 is 5.32 Å². The highest BCUT2D eigenvalue weighted by atomic mass is 16.2. The summed E-state index contributed by atoms with van der Waals surface area (Å²) in [6.45, 7) is 3.34. The Morgan fingerprint density at radius 2 is 1.96 bits per heavy atom. The van der Waals surface area contributed by atoms with E-state index in [1.165, 1.54) is 0 Å². The van der Waals surface area contributed by atoms with Crippen molar-refractivity contribution in [2.24, 2.45) is 13.0 Å². The fourth-order valence-electron chi connectivity index (χ4n) is 3.10. The molecule has 1 fully saturated rings. The Morgan fingerprint density at radius 1 is 1.20 bits per heavy atom. The van der Waals surface area contributed by atoms with E-state index in [1.54, 1.807) is 35.1 Å². The number of hydrogen-bond donors (Lipinski definition) is 1. The number of nitrogens with zero attached hydrogens (tertiary/aromatic N) is 4. The van der Waals surface area contributed by atoms with Gasteiger partial charge in [0.25, 0.3) is 0 Å². The highest BCUT2D eigenvalue weighted by molar-refractivity contribution is 5.79. The molecule has 2 amide bonds. The summed E-state index contributed by atoms with van der Waals surface area (Å²) in [6.07, 6.45) is 8.72. The van der Waals surface area contributed by atoms with Crippen LogP contribution in [0, 0.1) is 5.92 Å². The maximum absolute atomic E-state index is 12.4. The Balaban J connectivity index is 1.55. The number of rotatable bonds is 4. The van der Waals surface area contributed by atoms with Crippen molar-refractivity contribution in [2.45, 2.75) is 26.3 Å². The molecule has 0 aliphatic carbocycles. The van der Waals surface area contributed by atoms with E-state index in [2.05, 4.69) is 15.4 Å². The number of piperidine rings is 1. The van der Waals surface area contributed by atoms with E-state index in [0.29, 0.717) is 19.6 Å². The molecule has 0 radical (unpaired) electrons. The Bertz CT molecular complexity index is 762. The SMILES string of the molecule is CC(=O)N1CCC(C(=O)NCc2cncc(-c3cnn(C)c3)c2)CC1. The first-order valence-corrected chi connectivity index (χ1v) is 8.49. The van der Waals surface area contributed by atoms with Crippen LogP contribution in [0.1, 0.15) is 25.3 Å². The predicted octanol–water partition coefficient (Wildman–Crippen LogP) is 1.36. The molecule has 0 bridgehead atoms. The third-order valence-electron chi connectivity index (χ3n) is 4.61. The largest absolute Gasteiger partial charge is 0.352 e. The quantitative estimate of drug-likeness (QED) is 0.910. The smallest absolute Gasteiger partial charge is 0.223 e. The Kier molecular flexibility index (Phi) is 5.11. The summed E-state index contributed by atoms with van der Waals surface area (Å²) in [7, 11) is 1.87. The van der Waals surface area contributed by atoms with Crippen LogP contribution in [-0.2, 0) is 23.2 Å². The molecule has 0 aromatic carbocycles. The molecule has 2 aromatic rings. The van der Waals surface area contributed by atoms with Crippen LogP contribution in [-0.4, -0.2) is 44.6 Å². The maximum Gasteiger partial charge on any atom is 0.223 e. The summed E-state index contributed by atoms with van der Waals surface area (Å²) < 4.78 is 1.75. The van der Waals surface area contributed by atoms with Crippen LogP contribution in [0.4, 0.5) is 0 Å². The van der Waals surface area contributed by atoms with E-state index in [9.17, 15) is 9.59 Å². The number of carbonyl (C=O) groups excluding carboxylic acids is 2. The normalized spacial score (nSPS) is 15.2. The minimum absolute atomic E-state index is 0.0231. The monoisotopic (exact) mass is 341 g/mol. The Morgan fingerprint density at radius 3 is 2.60 bits per heavy atom. The van der Waals surface area contributed by atoms with Gasteiger partial charge in [0.1, 0.15) is 0 Å². The van der Waals surface area contributed by atoms with Crippen LogP contribution in [0.15, 0.2) is 30.9 Å². The van der Waals surface area contributed by atoms with Gasteiger partial charge in [0.05, 0.1) is 6.20 Å². The molecule has 7 heteroatoms. The van der Waals surface area contributed by atoms with Crippen molar-refractivity contribution in [1.82, 2.24) is 25.0 Å². The summed E-state index contributed by atoms with van der Waals surface area (Å²) in [5, 5.41) is 7.16. The van der Waals surface area contributed by atoms with Gasteiger partial charge in [0, 0.05) is 69.2 Å². The summed E-state index contributed by atoms with van der Waals surface area (Å²) in [4.78, 5) is 29.8. The zero-order valence-electron chi connectivity index (χ0n) is 14.6. The average Bonchev–Trinajstić information content (AvgIpc) is 3.06. The van der Waals surface area contributed by atoms with E-state index >= 15 is 0 Å². The van der Waals surface area contributed by atoms with Crippen molar-refractivity contribution in [3.05, 3.63) is 36.4 Å². The summed E-state index contributed by atoms with van der Waals surface area (Å²) >= 11 is 0. The zero-order chi connectivity index (χ0) is 17.8. The van der Waals surface area contributed by atoms with Crippen LogP contribution in [0.25, 0.3) is 11.1 Å². The molecule has 3 rings (SSSR count). The van der Waals surface area contributed by atoms with Crippen LogP contribution in [0.5, 0.6) is 0 Å². The second-order valence-electron chi connectivity index (χ2n) is 6.48. The number of nitrogens with one attached hydrogen (secondary N) is 1. The molecule has 7 nitrogen and oxygen atoms in total. The van der Waals surface area contributed by atoms with Gasteiger partial charge in [-0.05, 0) is 24.5 Å². The van der Waals surface area contributed by atoms with E-state index in [1.807, 2.05) is 19.3 Å². The van der Waals surface area contributed by atoms with Gasteiger partial charge < -0.3 is 10.2 Å². The van der Waals surface area contributed by atoms with Crippen molar-refractivity contribution < 1.29 is 9.59 Å². The highest BCUT2D eigenvalue weighted by Crippen LogP contribution is 2.19. The molecule has 1 N–H and O–H groups in total. The van der Waals surface area contributed by atoms with Gasteiger partial charge >= 0.3 is 0 Å². The van der Waals surface area contributed by atoms with E-state index in [-0.39, 0.29) is 17.7 Å². The predicted molar refractivity (Wildman–Crippen MR) is 93.3 cm³/mol. The second kappa shape index (κ2) is 7.46. The molecule has 0 spiro atoms. The minimum Gasteiger partial charge on any atom is -0.352 e. The fourth-order valence-corrected chi connectivity index (χ4v) is 3.10.